The van der Waals surface area contributed by atoms with Crippen LogP contribution in [0.4, 0.5) is 23.4 Å². The normalized spacial score (nSPS) is 11.7. The molecule has 0 saturated carbocycles. The van der Waals surface area contributed by atoms with E-state index in [1.54, 1.807) is 0 Å². The van der Waals surface area contributed by atoms with Gasteiger partial charge in [0, 0.05) is 11.5 Å². The summed E-state index contributed by atoms with van der Waals surface area (Å²) in [6, 6.07) is 8.37. The number of phenolic OH excluding ortho intramolecular Hbond substituents is 1. The van der Waals surface area contributed by atoms with E-state index in [-0.39, 0.29) is 17.3 Å². The number of anilines is 1. The molecule has 148 valence electrons. The molecular formula is C18H11F4N5O2. The first kappa shape index (κ1) is 18.5. The fourth-order valence-electron chi connectivity index (χ4n) is 2.84. The van der Waals surface area contributed by atoms with Crippen LogP contribution >= 0.6 is 0 Å². The molecular weight excluding hydrogens is 394 g/mol. The molecule has 0 fully saturated rings. The summed E-state index contributed by atoms with van der Waals surface area (Å²) in [5.41, 5.74) is -1.70. The van der Waals surface area contributed by atoms with Crippen LogP contribution in [0, 0.1) is 5.82 Å². The number of aromatic nitrogens is 4. The summed E-state index contributed by atoms with van der Waals surface area (Å²) in [6.45, 7) is 0. The van der Waals surface area contributed by atoms with Crippen LogP contribution in [0.1, 0.15) is 16.1 Å². The van der Waals surface area contributed by atoms with E-state index in [0.717, 1.165) is 30.5 Å². The Morgan fingerprint density at radius 3 is 2.55 bits per heavy atom. The second-order valence-electron chi connectivity index (χ2n) is 6.05. The number of carbonyl (C=O) groups excluding carboxylic acids is 1. The molecule has 0 aliphatic heterocycles. The van der Waals surface area contributed by atoms with Crippen molar-refractivity contribution in [3.05, 3.63) is 65.7 Å². The average molecular weight is 405 g/mol. The van der Waals surface area contributed by atoms with Crippen molar-refractivity contribution in [2.24, 2.45) is 0 Å². The van der Waals surface area contributed by atoms with Crippen molar-refractivity contribution in [3.8, 4) is 11.4 Å². The Bertz CT molecular complexity index is 1210. The molecule has 0 radical (unpaired) electrons. The van der Waals surface area contributed by atoms with Gasteiger partial charge in [0.1, 0.15) is 11.6 Å². The van der Waals surface area contributed by atoms with E-state index in [1.165, 1.54) is 18.2 Å². The number of nitrogens with zero attached hydrogens (tertiary/aromatic N) is 3. The summed E-state index contributed by atoms with van der Waals surface area (Å²) < 4.78 is 54.7. The number of halogens is 4. The van der Waals surface area contributed by atoms with E-state index in [0.29, 0.717) is 15.6 Å². The van der Waals surface area contributed by atoms with Crippen LogP contribution in [0.2, 0.25) is 0 Å². The molecule has 2 aromatic heterocycles. The van der Waals surface area contributed by atoms with E-state index >= 15 is 0 Å². The van der Waals surface area contributed by atoms with Crippen molar-refractivity contribution < 1.29 is 27.5 Å². The van der Waals surface area contributed by atoms with Crippen LogP contribution in [0.25, 0.3) is 16.6 Å². The first-order valence-electron chi connectivity index (χ1n) is 8.13. The van der Waals surface area contributed by atoms with Crippen LogP contribution in [-0.2, 0) is 6.18 Å². The molecule has 4 rings (SSSR count). The average Bonchev–Trinajstić information content (AvgIpc) is 3.26. The Balaban J connectivity index is 1.74. The van der Waals surface area contributed by atoms with Gasteiger partial charge in [-0.2, -0.15) is 23.4 Å². The first-order valence-corrected chi connectivity index (χ1v) is 8.13. The molecule has 2 aromatic carbocycles. The number of phenols is 1. The molecule has 2 heterocycles. The Morgan fingerprint density at radius 1 is 1.14 bits per heavy atom. The quantitative estimate of drug-likeness (QED) is 0.451. The maximum atomic E-state index is 13.7. The van der Waals surface area contributed by atoms with Crippen molar-refractivity contribution >= 4 is 22.6 Å². The van der Waals surface area contributed by atoms with Gasteiger partial charge >= 0.3 is 6.18 Å². The molecule has 0 aliphatic carbocycles. The van der Waals surface area contributed by atoms with E-state index in [2.05, 4.69) is 20.6 Å². The summed E-state index contributed by atoms with van der Waals surface area (Å²) in [7, 11) is 0. The summed E-state index contributed by atoms with van der Waals surface area (Å²) >= 11 is 0. The zero-order valence-electron chi connectivity index (χ0n) is 14.3. The number of hydrogen-bond acceptors (Lipinski definition) is 4. The topological polar surface area (TPSA) is 95.8 Å². The summed E-state index contributed by atoms with van der Waals surface area (Å²) in [4.78, 5) is 12.6. The van der Waals surface area contributed by atoms with Gasteiger partial charge in [-0.3, -0.25) is 9.89 Å². The van der Waals surface area contributed by atoms with Crippen molar-refractivity contribution in [1.82, 2.24) is 20.0 Å². The van der Waals surface area contributed by atoms with E-state index in [4.69, 9.17) is 0 Å². The number of rotatable bonds is 3. The smallest absolute Gasteiger partial charge is 0.434 e. The zero-order valence-corrected chi connectivity index (χ0v) is 14.3. The fourth-order valence-corrected chi connectivity index (χ4v) is 2.84. The predicted octanol–water partition coefficient (Wildman–Crippen LogP) is 3.86. The highest BCUT2D eigenvalue weighted by Gasteiger charge is 2.40. The number of alkyl halides is 3. The second-order valence-corrected chi connectivity index (χ2v) is 6.05. The first-order chi connectivity index (χ1) is 13.7. The van der Waals surface area contributed by atoms with Crippen LogP contribution < -0.4 is 5.32 Å². The van der Waals surface area contributed by atoms with E-state index < -0.39 is 29.2 Å². The Labute approximate surface area is 159 Å². The highest BCUT2D eigenvalue weighted by Crippen LogP contribution is 2.34. The lowest BCUT2D eigenvalue weighted by Gasteiger charge is -2.12. The van der Waals surface area contributed by atoms with Crippen LogP contribution in [-0.4, -0.2) is 31.0 Å². The van der Waals surface area contributed by atoms with Gasteiger partial charge in [-0.15, -0.1) is 0 Å². The van der Waals surface area contributed by atoms with Crippen molar-refractivity contribution in [2.45, 2.75) is 6.18 Å². The second kappa shape index (κ2) is 6.62. The lowest BCUT2D eigenvalue weighted by atomic mass is 10.2. The molecule has 11 heteroatoms. The molecule has 1 amide bonds. The van der Waals surface area contributed by atoms with Gasteiger partial charge in [0.15, 0.2) is 11.5 Å². The largest absolute Gasteiger partial charge is 0.508 e. The Hall–Kier alpha value is -3.89. The van der Waals surface area contributed by atoms with E-state index in [9.17, 15) is 27.5 Å². The van der Waals surface area contributed by atoms with Gasteiger partial charge in [-0.05, 0) is 36.4 Å². The number of nitrogens with one attached hydrogen (secondary N) is 2. The molecule has 0 spiro atoms. The Kier molecular flexibility index (Phi) is 4.22. The van der Waals surface area contributed by atoms with Crippen LogP contribution in [0.5, 0.6) is 5.75 Å². The number of aromatic amines is 1. The third kappa shape index (κ3) is 3.37. The molecule has 0 saturated heterocycles. The van der Waals surface area contributed by atoms with Gasteiger partial charge in [0.2, 0.25) is 0 Å². The lowest BCUT2D eigenvalue weighted by molar-refractivity contribution is -0.143. The maximum Gasteiger partial charge on any atom is 0.434 e. The minimum atomic E-state index is -4.91. The van der Waals surface area contributed by atoms with E-state index in [1.807, 2.05) is 0 Å². The summed E-state index contributed by atoms with van der Waals surface area (Å²) in [5.74, 6) is -1.75. The third-order valence-corrected chi connectivity index (χ3v) is 4.13. The Morgan fingerprint density at radius 2 is 1.86 bits per heavy atom. The van der Waals surface area contributed by atoms with Crippen molar-refractivity contribution in [1.29, 1.82) is 0 Å². The number of amides is 1. The monoisotopic (exact) mass is 405 g/mol. The molecule has 0 atom stereocenters. The highest BCUT2D eigenvalue weighted by atomic mass is 19.4. The van der Waals surface area contributed by atoms with Gasteiger partial charge in [-0.25, -0.2) is 9.07 Å². The van der Waals surface area contributed by atoms with Gasteiger partial charge in [0.25, 0.3) is 5.91 Å². The number of H-pyrrole nitrogens is 1. The van der Waals surface area contributed by atoms with Crippen molar-refractivity contribution in [2.75, 3.05) is 5.32 Å². The molecule has 7 nitrogen and oxygen atoms in total. The summed E-state index contributed by atoms with van der Waals surface area (Å²) in [5, 5.41) is 22.2. The number of fused-ring (bicyclic) bond motifs is 1. The standard InChI is InChI=1S/C18H11F4N5O2/c19-9-1-3-10(4-2-9)27-15(18(20,21)22)13(8-23-27)17(29)24-16-12-6-5-11(28)7-14(12)25-26-16/h1-8,28H,(H2,24,25,26,29). The molecule has 0 aliphatic rings. The van der Waals surface area contributed by atoms with Gasteiger partial charge < -0.3 is 10.4 Å². The molecule has 29 heavy (non-hydrogen) atoms. The third-order valence-electron chi connectivity index (χ3n) is 4.13. The van der Waals surface area contributed by atoms with Crippen LogP contribution in [0.15, 0.2) is 48.7 Å². The SMILES string of the molecule is O=C(Nc1n[nH]c2cc(O)ccc12)c1cnn(-c2ccc(F)cc2)c1C(F)(F)F. The highest BCUT2D eigenvalue weighted by molar-refractivity contribution is 6.08. The number of aromatic hydroxyl groups is 1. The summed E-state index contributed by atoms with van der Waals surface area (Å²) in [6.07, 6.45) is -4.13. The predicted molar refractivity (Wildman–Crippen MR) is 94.2 cm³/mol. The molecule has 0 unspecified atom stereocenters. The fraction of sp³-hybridized carbons (Fsp3) is 0.0556. The number of carbonyl (C=O) groups is 1. The minimum Gasteiger partial charge on any atom is -0.508 e. The molecule has 0 bridgehead atoms. The van der Waals surface area contributed by atoms with Crippen LogP contribution in [0.3, 0.4) is 0 Å². The van der Waals surface area contributed by atoms with Crippen molar-refractivity contribution in [3.63, 3.8) is 0 Å². The number of hydrogen-bond donors (Lipinski definition) is 3. The van der Waals surface area contributed by atoms with Gasteiger partial charge in [0.05, 0.1) is 23.0 Å². The maximum absolute atomic E-state index is 13.7. The lowest BCUT2D eigenvalue weighted by Crippen LogP contribution is -2.21. The zero-order chi connectivity index (χ0) is 20.8. The minimum absolute atomic E-state index is 0.00680. The molecule has 4 aromatic rings. The van der Waals surface area contributed by atoms with Gasteiger partial charge in [-0.1, -0.05) is 0 Å². The molecule has 3 N–H and O–H groups in total. The number of benzene rings is 2.